The average molecular weight is 285 g/mol. The number of hydrogen-bond acceptors (Lipinski definition) is 3. The van der Waals surface area contributed by atoms with E-state index in [0.29, 0.717) is 12.5 Å². The van der Waals surface area contributed by atoms with Gasteiger partial charge in [-0.1, -0.05) is 32.0 Å². The molecule has 0 amide bonds. The van der Waals surface area contributed by atoms with Crippen molar-refractivity contribution in [3.63, 3.8) is 0 Å². The highest BCUT2D eigenvalue weighted by molar-refractivity contribution is 7.09. The maximum Gasteiger partial charge on any atom is 0.0954 e. The Hall–Kier alpha value is -1.65. The first kappa shape index (κ1) is 13.3. The molecule has 0 atom stereocenters. The standard InChI is InChI=1S/C16H19N3S/c1-11(2)16-18-13(10-20-16)9-19-8-12(7-17)14-5-3-4-6-15(14)19/h3-6,8,10-11H,7,9,17H2,1-2H3. The van der Waals surface area contributed by atoms with Crippen LogP contribution in [0.25, 0.3) is 10.9 Å². The summed E-state index contributed by atoms with van der Waals surface area (Å²) in [5.74, 6) is 0.495. The molecule has 0 spiro atoms. The van der Waals surface area contributed by atoms with Gasteiger partial charge >= 0.3 is 0 Å². The number of hydrogen-bond donors (Lipinski definition) is 1. The number of fused-ring (bicyclic) bond motifs is 1. The molecule has 104 valence electrons. The Balaban J connectivity index is 1.97. The van der Waals surface area contributed by atoms with Gasteiger partial charge in [0.15, 0.2) is 0 Å². The van der Waals surface area contributed by atoms with E-state index in [4.69, 9.17) is 10.7 Å². The minimum Gasteiger partial charge on any atom is -0.341 e. The predicted molar refractivity (Wildman–Crippen MR) is 85.1 cm³/mol. The van der Waals surface area contributed by atoms with Crippen molar-refractivity contribution in [2.45, 2.75) is 32.9 Å². The summed E-state index contributed by atoms with van der Waals surface area (Å²) < 4.78 is 2.25. The Morgan fingerprint density at radius 2 is 2.10 bits per heavy atom. The fourth-order valence-electron chi connectivity index (χ4n) is 2.45. The minimum absolute atomic E-state index is 0.495. The molecule has 0 aliphatic rings. The summed E-state index contributed by atoms with van der Waals surface area (Å²) in [5, 5.41) is 4.61. The SMILES string of the molecule is CC(C)c1nc(Cn2cc(CN)c3ccccc32)cs1. The van der Waals surface area contributed by atoms with Crippen LogP contribution >= 0.6 is 11.3 Å². The summed E-state index contributed by atoms with van der Waals surface area (Å²) in [6, 6.07) is 8.41. The molecule has 0 unspecified atom stereocenters. The third kappa shape index (κ3) is 2.37. The second-order valence-corrected chi connectivity index (χ2v) is 6.22. The normalized spacial score (nSPS) is 11.6. The van der Waals surface area contributed by atoms with Gasteiger partial charge in [0, 0.05) is 34.9 Å². The summed E-state index contributed by atoms with van der Waals surface area (Å²) in [6.07, 6.45) is 2.15. The van der Waals surface area contributed by atoms with Crippen LogP contribution in [-0.4, -0.2) is 9.55 Å². The third-order valence-electron chi connectivity index (χ3n) is 3.49. The number of nitrogens with zero attached hydrogens (tertiary/aromatic N) is 2. The first-order valence-corrected chi connectivity index (χ1v) is 7.78. The number of rotatable bonds is 4. The molecule has 1 aromatic carbocycles. The van der Waals surface area contributed by atoms with Gasteiger partial charge < -0.3 is 10.3 Å². The van der Waals surface area contributed by atoms with E-state index in [2.05, 4.69) is 54.3 Å². The van der Waals surface area contributed by atoms with E-state index >= 15 is 0 Å². The van der Waals surface area contributed by atoms with Crippen LogP contribution in [0, 0.1) is 0 Å². The molecule has 4 heteroatoms. The van der Waals surface area contributed by atoms with E-state index in [9.17, 15) is 0 Å². The van der Waals surface area contributed by atoms with Crippen LogP contribution in [0.15, 0.2) is 35.8 Å². The molecule has 0 aliphatic heterocycles. The first-order valence-electron chi connectivity index (χ1n) is 6.90. The fourth-order valence-corrected chi connectivity index (χ4v) is 3.28. The van der Waals surface area contributed by atoms with Crippen LogP contribution in [-0.2, 0) is 13.1 Å². The largest absolute Gasteiger partial charge is 0.341 e. The lowest BCUT2D eigenvalue weighted by molar-refractivity contribution is 0.784. The summed E-state index contributed by atoms with van der Waals surface area (Å²) in [5.41, 5.74) is 9.39. The van der Waals surface area contributed by atoms with Gasteiger partial charge in [0.05, 0.1) is 17.2 Å². The molecule has 2 aromatic heterocycles. The number of nitrogens with two attached hydrogens (primary N) is 1. The second kappa shape index (κ2) is 5.38. The van der Waals surface area contributed by atoms with E-state index in [1.54, 1.807) is 11.3 Å². The van der Waals surface area contributed by atoms with Crippen molar-refractivity contribution >= 4 is 22.2 Å². The number of benzene rings is 1. The van der Waals surface area contributed by atoms with Crippen molar-refractivity contribution in [1.29, 1.82) is 0 Å². The fraction of sp³-hybridized carbons (Fsp3) is 0.312. The van der Waals surface area contributed by atoms with Crippen LogP contribution in [0.1, 0.15) is 36.0 Å². The van der Waals surface area contributed by atoms with Gasteiger partial charge in [0.25, 0.3) is 0 Å². The van der Waals surface area contributed by atoms with Gasteiger partial charge in [-0.15, -0.1) is 11.3 Å². The van der Waals surface area contributed by atoms with Crippen molar-refractivity contribution in [3.8, 4) is 0 Å². The predicted octanol–water partition coefficient (Wildman–Crippen LogP) is 3.73. The summed E-state index contributed by atoms with van der Waals surface area (Å²) >= 11 is 1.75. The molecule has 2 N–H and O–H groups in total. The van der Waals surface area contributed by atoms with Gasteiger partial charge in [-0.05, 0) is 11.6 Å². The van der Waals surface area contributed by atoms with Gasteiger partial charge in [0.1, 0.15) is 0 Å². The first-order chi connectivity index (χ1) is 9.69. The van der Waals surface area contributed by atoms with Crippen molar-refractivity contribution in [1.82, 2.24) is 9.55 Å². The van der Waals surface area contributed by atoms with E-state index in [-0.39, 0.29) is 0 Å². The topological polar surface area (TPSA) is 43.8 Å². The van der Waals surface area contributed by atoms with Crippen LogP contribution < -0.4 is 5.73 Å². The quantitative estimate of drug-likeness (QED) is 0.794. The van der Waals surface area contributed by atoms with Crippen molar-refractivity contribution in [3.05, 3.63) is 52.1 Å². The van der Waals surface area contributed by atoms with Gasteiger partial charge in [-0.2, -0.15) is 0 Å². The zero-order valence-electron chi connectivity index (χ0n) is 11.8. The molecular formula is C16H19N3S. The molecule has 20 heavy (non-hydrogen) atoms. The molecule has 0 aliphatic carbocycles. The highest BCUT2D eigenvalue weighted by Crippen LogP contribution is 2.24. The number of aromatic nitrogens is 2. The molecule has 3 rings (SSSR count). The lowest BCUT2D eigenvalue weighted by atomic mass is 10.2. The minimum atomic E-state index is 0.495. The summed E-state index contributed by atoms with van der Waals surface area (Å²) in [7, 11) is 0. The molecule has 3 nitrogen and oxygen atoms in total. The second-order valence-electron chi connectivity index (χ2n) is 5.34. The molecule has 0 bridgehead atoms. The van der Waals surface area contributed by atoms with E-state index < -0.39 is 0 Å². The molecule has 0 saturated carbocycles. The zero-order valence-corrected chi connectivity index (χ0v) is 12.7. The third-order valence-corrected chi connectivity index (χ3v) is 4.68. The molecule has 0 radical (unpaired) electrons. The lowest BCUT2D eigenvalue weighted by Crippen LogP contribution is -1.99. The zero-order chi connectivity index (χ0) is 14.1. The Morgan fingerprint density at radius 1 is 1.30 bits per heavy atom. The van der Waals surface area contributed by atoms with Crippen LogP contribution in [0.2, 0.25) is 0 Å². The average Bonchev–Trinajstić information content (AvgIpc) is 3.05. The monoisotopic (exact) mass is 285 g/mol. The van der Waals surface area contributed by atoms with Gasteiger partial charge in [-0.3, -0.25) is 0 Å². The van der Waals surface area contributed by atoms with Crippen LogP contribution in [0.4, 0.5) is 0 Å². The Bertz CT molecular complexity index is 724. The highest BCUT2D eigenvalue weighted by atomic mass is 32.1. The van der Waals surface area contributed by atoms with Crippen molar-refractivity contribution in [2.75, 3.05) is 0 Å². The molecule has 0 saturated heterocycles. The number of thiazole rings is 1. The van der Waals surface area contributed by atoms with Crippen LogP contribution in [0.5, 0.6) is 0 Å². The highest BCUT2D eigenvalue weighted by Gasteiger charge is 2.10. The van der Waals surface area contributed by atoms with E-state index in [1.807, 2.05) is 0 Å². The Kier molecular flexibility index (Phi) is 3.59. The summed E-state index contributed by atoms with van der Waals surface area (Å²) in [6.45, 7) is 5.74. The smallest absolute Gasteiger partial charge is 0.0954 e. The van der Waals surface area contributed by atoms with Crippen LogP contribution in [0.3, 0.4) is 0 Å². The molecule has 3 aromatic rings. The Labute approximate surface area is 123 Å². The maximum absolute atomic E-state index is 5.84. The Morgan fingerprint density at radius 3 is 2.80 bits per heavy atom. The van der Waals surface area contributed by atoms with Crippen molar-refractivity contribution in [2.24, 2.45) is 5.73 Å². The van der Waals surface area contributed by atoms with E-state index in [1.165, 1.54) is 21.5 Å². The lowest BCUT2D eigenvalue weighted by Gasteiger charge is -2.02. The van der Waals surface area contributed by atoms with Gasteiger partial charge in [-0.25, -0.2) is 4.98 Å². The molecule has 2 heterocycles. The van der Waals surface area contributed by atoms with Crippen molar-refractivity contribution < 1.29 is 0 Å². The maximum atomic E-state index is 5.84. The van der Waals surface area contributed by atoms with Gasteiger partial charge in [0.2, 0.25) is 0 Å². The molecule has 0 fully saturated rings. The summed E-state index contributed by atoms with van der Waals surface area (Å²) in [4.78, 5) is 4.71. The van der Waals surface area contributed by atoms with E-state index in [0.717, 1.165) is 12.2 Å². The molecular weight excluding hydrogens is 266 g/mol. The number of para-hydroxylation sites is 1.